The van der Waals surface area contributed by atoms with Gasteiger partial charge in [0.15, 0.2) is 0 Å². The monoisotopic (exact) mass is 157 g/mol. The van der Waals surface area contributed by atoms with E-state index >= 15 is 0 Å². The van der Waals surface area contributed by atoms with E-state index in [2.05, 4.69) is 20.8 Å². The summed E-state index contributed by atoms with van der Waals surface area (Å²) in [7, 11) is 0. The number of hydrogen-bond acceptors (Lipinski definition) is 2. The number of aliphatic hydroxyl groups is 1. The summed E-state index contributed by atoms with van der Waals surface area (Å²) in [5.74, 6) is 0.350. The first kappa shape index (κ1) is 9.01. The molecule has 0 radical (unpaired) electrons. The molecule has 3 N–H and O–H groups in total. The molecule has 1 fully saturated rings. The molecule has 2 unspecified atom stereocenters. The number of rotatable bonds is 1. The fourth-order valence-electron chi connectivity index (χ4n) is 2.18. The van der Waals surface area contributed by atoms with Gasteiger partial charge in [-0.05, 0) is 24.2 Å². The zero-order valence-electron chi connectivity index (χ0n) is 7.72. The van der Waals surface area contributed by atoms with Crippen molar-refractivity contribution in [1.29, 1.82) is 0 Å². The summed E-state index contributed by atoms with van der Waals surface area (Å²) >= 11 is 0. The smallest absolute Gasteiger partial charge is 0.0845 e. The molecule has 66 valence electrons. The van der Waals surface area contributed by atoms with Crippen molar-refractivity contribution < 1.29 is 5.11 Å². The van der Waals surface area contributed by atoms with Crippen LogP contribution < -0.4 is 5.73 Å². The van der Waals surface area contributed by atoms with Gasteiger partial charge in [0.25, 0.3) is 0 Å². The van der Waals surface area contributed by atoms with Gasteiger partial charge in [0.05, 0.1) is 5.60 Å². The third-order valence-electron chi connectivity index (χ3n) is 3.50. The molecule has 11 heavy (non-hydrogen) atoms. The minimum atomic E-state index is -0.632. The Hall–Kier alpha value is -0.0800. The van der Waals surface area contributed by atoms with Crippen LogP contribution in [-0.4, -0.2) is 17.3 Å². The number of hydrogen-bond donors (Lipinski definition) is 2. The SMILES string of the molecule is CC1CCC(C)(C)C1(O)CN. The van der Waals surface area contributed by atoms with E-state index in [-0.39, 0.29) is 5.41 Å². The average molecular weight is 157 g/mol. The molecule has 1 saturated carbocycles. The van der Waals surface area contributed by atoms with Crippen molar-refractivity contribution in [3.63, 3.8) is 0 Å². The summed E-state index contributed by atoms with van der Waals surface area (Å²) < 4.78 is 0. The van der Waals surface area contributed by atoms with Gasteiger partial charge in [-0.3, -0.25) is 0 Å². The number of nitrogens with two attached hydrogens (primary N) is 1. The summed E-state index contributed by atoms with van der Waals surface area (Å²) in [6, 6.07) is 0. The van der Waals surface area contributed by atoms with Gasteiger partial charge < -0.3 is 10.8 Å². The Morgan fingerprint density at radius 2 is 2.09 bits per heavy atom. The standard InChI is InChI=1S/C9H19NO/c1-7-4-5-8(2,3)9(7,11)6-10/h7,11H,4-6,10H2,1-3H3. The highest BCUT2D eigenvalue weighted by Gasteiger charge is 2.51. The van der Waals surface area contributed by atoms with E-state index in [0.717, 1.165) is 12.8 Å². The molecule has 0 heterocycles. The highest BCUT2D eigenvalue weighted by molar-refractivity contribution is 5.03. The zero-order valence-corrected chi connectivity index (χ0v) is 7.72. The minimum Gasteiger partial charge on any atom is -0.388 e. The van der Waals surface area contributed by atoms with Crippen LogP contribution in [0.25, 0.3) is 0 Å². The lowest BCUT2D eigenvalue weighted by Gasteiger charge is -2.38. The molecule has 2 heteroatoms. The predicted octanol–water partition coefficient (Wildman–Crippen LogP) is 1.13. The zero-order chi connectivity index (χ0) is 8.70. The fraction of sp³-hybridized carbons (Fsp3) is 1.00. The molecule has 2 nitrogen and oxygen atoms in total. The van der Waals surface area contributed by atoms with E-state index in [1.54, 1.807) is 0 Å². The Kier molecular flexibility index (Phi) is 2.01. The topological polar surface area (TPSA) is 46.2 Å². The van der Waals surface area contributed by atoms with Crippen LogP contribution in [0.3, 0.4) is 0 Å². The van der Waals surface area contributed by atoms with E-state index in [1.807, 2.05) is 0 Å². The third kappa shape index (κ3) is 1.09. The maximum atomic E-state index is 10.2. The molecule has 1 aliphatic rings. The van der Waals surface area contributed by atoms with Crippen LogP contribution >= 0.6 is 0 Å². The highest BCUT2D eigenvalue weighted by Crippen LogP contribution is 2.48. The molecule has 1 rings (SSSR count). The van der Waals surface area contributed by atoms with Gasteiger partial charge in [-0.2, -0.15) is 0 Å². The molecule has 0 saturated heterocycles. The molecule has 0 aromatic carbocycles. The van der Waals surface area contributed by atoms with Crippen molar-refractivity contribution in [2.24, 2.45) is 17.1 Å². The van der Waals surface area contributed by atoms with Crippen LogP contribution in [0.5, 0.6) is 0 Å². The first-order chi connectivity index (χ1) is 4.94. The van der Waals surface area contributed by atoms with Crippen LogP contribution in [0.1, 0.15) is 33.6 Å². The summed E-state index contributed by atoms with van der Waals surface area (Å²) in [6.07, 6.45) is 2.18. The second kappa shape index (κ2) is 2.46. The van der Waals surface area contributed by atoms with Gasteiger partial charge in [-0.1, -0.05) is 20.8 Å². The maximum absolute atomic E-state index is 10.2. The third-order valence-corrected chi connectivity index (χ3v) is 3.50. The molecule has 0 bridgehead atoms. The summed E-state index contributed by atoms with van der Waals surface area (Å²) in [4.78, 5) is 0. The Morgan fingerprint density at radius 1 is 1.55 bits per heavy atom. The van der Waals surface area contributed by atoms with E-state index in [9.17, 15) is 5.11 Å². The molecule has 0 aromatic rings. The molecule has 0 aliphatic heterocycles. The second-order valence-electron chi connectivity index (χ2n) is 4.45. The Labute approximate surface area is 68.8 Å². The van der Waals surface area contributed by atoms with Crippen LogP contribution in [0.15, 0.2) is 0 Å². The summed E-state index contributed by atoms with van der Waals surface area (Å²) in [5.41, 5.74) is 4.95. The first-order valence-corrected chi connectivity index (χ1v) is 4.36. The Morgan fingerprint density at radius 3 is 2.27 bits per heavy atom. The van der Waals surface area contributed by atoms with E-state index in [4.69, 9.17) is 5.73 Å². The molecule has 0 aromatic heterocycles. The molecule has 0 amide bonds. The summed E-state index contributed by atoms with van der Waals surface area (Å²) in [5, 5.41) is 10.2. The lowest BCUT2D eigenvalue weighted by atomic mass is 9.75. The Balaban J connectivity index is 2.88. The highest BCUT2D eigenvalue weighted by atomic mass is 16.3. The molecular weight excluding hydrogens is 138 g/mol. The lowest BCUT2D eigenvalue weighted by molar-refractivity contribution is -0.0624. The predicted molar refractivity (Wildman–Crippen MR) is 46.2 cm³/mol. The van der Waals surface area contributed by atoms with Gasteiger partial charge in [0, 0.05) is 6.54 Å². The van der Waals surface area contributed by atoms with Crippen LogP contribution in [0.4, 0.5) is 0 Å². The van der Waals surface area contributed by atoms with Gasteiger partial charge in [0.1, 0.15) is 0 Å². The minimum absolute atomic E-state index is 0.00116. The lowest BCUT2D eigenvalue weighted by Crippen LogP contribution is -2.50. The van der Waals surface area contributed by atoms with Gasteiger partial charge in [-0.25, -0.2) is 0 Å². The molecular formula is C9H19NO. The first-order valence-electron chi connectivity index (χ1n) is 4.36. The van der Waals surface area contributed by atoms with Crippen molar-refractivity contribution in [1.82, 2.24) is 0 Å². The second-order valence-corrected chi connectivity index (χ2v) is 4.45. The van der Waals surface area contributed by atoms with Gasteiger partial charge >= 0.3 is 0 Å². The normalized spacial score (nSPS) is 42.8. The van der Waals surface area contributed by atoms with Crippen LogP contribution in [-0.2, 0) is 0 Å². The van der Waals surface area contributed by atoms with Crippen LogP contribution in [0.2, 0.25) is 0 Å². The largest absolute Gasteiger partial charge is 0.388 e. The Bertz CT molecular complexity index is 156. The van der Waals surface area contributed by atoms with E-state index in [0.29, 0.717) is 12.5 Å². The average Bonchev–Trinajstić information content (AvgIpc) is 2.15. The van der Waals surface area contributed by atoms with Crippen molar-refractivity contribution in [3.05, 3.63) is 0 Å². The van der Waals surface area contributed by atoms with Gasteiger partial charge in [0.2, 0.25) is 0 Å². The van der Waals surface area contributed by atoms with E-state index in [1.165, 1.54) is 0 Å². The van der Waals surface area contributed by atoms with Gasteiger partial charge in [-0.15, -0.1) is 0 Å². The van der Waals surface area contributed by atoms with Crippen molar-refractivity contribution in [2.75, 3.05) is 6.54 Å². The fourth-order valence-corrected chi connectivity index (χ4v) is 2.18. The maximum Gasteiger partial charge on any atom is 0.0845 e. The molecule has 2 atom stereocenters. The summed E-state index contributed by atoms with van der Waals surface area (Å²) in [6.45, 7) is 6.68. The van der Waals surface area contributed by atoms with Crippen molar-refractivity contribution in [2.45, 2.75) is 39.2 Å². The van der Waals surface area contributed by atoms with Crippen molar-refractivity contribution >= 4 is 0 Å². The van der Waals surface area contributed by atoms with E-state index < -0.39 is 5.60 Å². The quantitative estimate of drug-likeness (QED) is 0.599. The van der Waals surface area contributed by atoms with Crippen molar-refractivity contribution in [3.8, 4) is 0 Å². The molecule has 0 spiro atoms. The van der Waals surface area contributed by atoms with Crippen LogP contribution in [0, 0.1) is 11.3 Å². The molecule has 1 aliphatic carbocycles.